The summed E-state index contributed by atoms with van der Waals surface area (Å²) in [5.41, 5.74) is 7.15. The minimum Gasteiger partial charge on any atom is -0.326 e. The Hall–Kier alpha value is -0.950. The zero-order chi connectivity index (χ0) is 13.1. The Morgan fingerprint density at radius 3 is 2.56 bits per heavy atom. The normalized spacial score (nSPS) is 14.4. The smallest absolute Gasteiger partial charge is 0.123 e. The lowest BCUT2D eigenvalue weighted by atomic mass is 9.98. The molecule has 2 aromatic rings. The highest BCUT2D eigenvalue weighted by atomic mass is 127. The molecular formula is C13H15FIN3. The van der Waals surface area contributed by atoms with E-state index >= 15 is 0 Å². The highest BCUT2D eigenvalue weighted by molar-refractivity contribution is 14.1. The van der Waals surface area contributed by atoms with Gasteiger partial charge in [0, 0.05) is 12.2 Å². The summed E-state index contributed by atoms with van der Waals surface area (Å²) in [6, 6.07) is 6.34. The number of nitrogens with two attached hydrogens (primary N) is 1. The minimum absolute atomic E-state index is 0.0499. The summed E-state index contributed by atoms with van der Waals surface area (Å²) in [4.78, 5) is 0. The predicted molar refractivity (Wildman–Crippen MR) is 77.7 cm³/mol. The van der Waals surface area contributed by atoms with Gasteiger partial charge in [-0.25, -0.2) is 4.39 Å². The van der Waals surface area contributed by atoms with Gasteiger partial charge in [-0.2, -0.15) is 5.10 Å². The molecule has 0 saturated heterocycles. The summed E-state index contributed by atoms with van der Waals surface area (Å²) < 4.78 is 15.9. The lowest BCUT2D eigenvalue weighted by Crippen LogP contribution is -2.32. The number of nitrogens with zero attached hydrogens (tertiary/aromatic N) is 2. The third-order valence-electron chi connectivity index (χ3n) is 2.94. The molecule has 5 heteroatoms. The van der Waals surface area contributed by atoms with E-state index < -0.39 is 0 Å². The fourth-order valence-electron chi connectivity index (χ4n) is 1.95. The van der Waals surface area contributed by atoms with Crippen LogP contribution in [0, 0.1) is 9.39 Å². The summed E-state index contributed by atoms with van der Waals surface area (Å²) in [5, 5.41) is 4.32. The van der Waals surface area contributed by atoms with E-state index in [0.29, 0.717) is 0 Å². The van der Waals surface area contributed by atoms with Gasteiger partial charge in [-0.3, -0.25) is 4.68 Å². The molecule has 0 fully saturated rings. The molecule has 1 aromatic carbocycles. The van der Waals surface area contributed by atoms with Crippen LogP contribution in [0.4, 0.5) is 4.39 Å². The van der Waals surface area contributed by atoms with Crippen molar-refractivity contribution in [2.24, 2.45) is 5.73 Å². The monoisotopic (exact) mass is 359 g/mol. The van der Waals surface area contributed by atoms with Crippen LogP contribution < -0.4 is 5.73 Å². The molecule has 0 saturated carbocycles. The lowest BCUT2D eigenvalue weighted by Gasteiger charge is -2.23. The van der Waals surface area contributed by atoms with Gasteiger partial charge in [0.05, 0.1) is 15.8 Å². The molecule has 1 aromatic heterocycles. The second kappa shape index (κ2) is 5.79. The molecule has 2 atom stereocenters. The zero-order valence-corrected chi connectivity index (χ0v) is 12.2. The van der Waals surface area contributed by atoms with E-state index in [1.54, 1.807) is 18.3 Å². The van der Waals surface area contributed by atoms with Crippen molar-refractivity contribution in [3.63, 3.8) is 0 Å². The Bertz CT molecular complexity index is 509. The average molecular weight is 359 g/mol. The van der Waals surface area contributed by atoms with E-state index in [0.717, 1.165) is 15.6 Å². The molecule has 0 spiro atoms. The van der Waals surface area contributed by atoms with Gasteiger partial charge in [0.15, 0.2) is 0 Å². The van der Waals surface area contributed by atoms with E-state index in [9.17, 15) is 4.39 Å². The third kappa shape index (κ3) is 2.89. The minimum atomic E-state index is -0.238. The Kier molecular flexibility index (Phi) is 4.34. The van der Waals surface area contributed by atoms with Gasteiger partial charge in [-0.05, 0) is 46.7 Å². The molecule has 2 N–H and O–H groups in total. The largest absolute Gasteiger partial charge is 0.326 e. The SMILES string of the molecule is CCC(N)C(c1ccc(F)cc1)n1cc(I)cn1. The van der Waals surface area contributed by atoms with E-state index in [-0.39, 0.29) is 17.9 Å². The first-order valence-corrected chi connectivity index (χ1v) is 6.90. The van der Waals surface area contributed by atoms with Crippen molar-refractivity contribution in [1.82, 2.24) is 9.78 Å². The van der Waals surface area contributed by atoms with Crippen molar-refractivity contribution in [2.75, 3.05) is 0 Å². The fourth-order valence-corrected chi connectivity index (χ4v) is 2.36. The number of benzene rings is 1. The Morgan fingerprint density at radius 1 is 1.39 bits per heavy atom. The number of hydrogen-bond acceptors (Lipinski definition) is 2. The Balaban J connectivity index is 2.39. The van der Waals surface area contributed by atoms with E-state index in [1.807, 2.05) is 17.8 Å². The van der Waals surface area contributed by atoms with Crippen molar-refractivity contribution < 1.29 is 4.39 Å². The molecule has 2 unspecified atom stereocenters. The average Bonchev–Trinajstić information content (AvgIpc) is 2.78. The Labute approximate surface area is 119 Å². The molecular weight excluding hydrogens is 344 g/mol. The van der Waals surface area contributed by atoms with E-state index in [2.05, 4.69) is 27.7 Å². The van der Waals surface area contributed by atoms with Gasteiger partial charge >= 0.3 is 0 Å². The van der Waals surface area contributed by atoms with Crippen molar-refractivity contribution in [1.29, 1.82) is 0 Å². The fraction of sp³-hybridized carbons (Fsp3) is 0.308. The van der Waals surface area contributed by atoms with Crippen molar-refractivity contribution in [3.8, 4) is 0 Å². The summed E-state index contributed by atoms with van der Waals surface area (Å²) in [6.07, 6.45) is 4.57. The van der Waals surface area contributed by atoms with Gasteiger partial charge in [0.25, 0.3) is 0 Å². The van der Waals surface area contributed by atoms with Crippen LogP contribution in [0.25, 0.3) is 0 Å². The van der Waals surface area contributed by atoms with E-state index in [1.165, 1.54) is 12.1 Å². The quantitative estimate of drug-likeness (QED) is 0.854. The zero-order valence-electron chi connectivity index (χ0n) is 10.1. The van der Waals surface area contributed by atoms with Crippen LogP contribution in [-0.4, -0.2) is 15.8 Å². The highest BCUT2D eigenvalue weighted by Crippen LogP contribution is 2.23. The molecule has 2 rings (SSSR count). The van der Waals surface area contributed by atoms with Crippen LogP contribution in [0.1, 0.15) is 24.9 Å². The number of halogens is 2. The van der Waals surface area contributed by atoms with Crippen LogP contribution in [0.5, 0.6) is 0 Å². The molecule has 0 aliphatic rings. The van der Waals surface area contributed by atoms with E-state index in [4.69, 9.17) is 5.73 Å². The van der Waals surface area contributed by atoms with Crippen molar-refractivity contribution in [3.05, 3.63) is 51.6 Å². The van der Waals surface area contributed by atoms with Gasteiger partial charge in [-0.1, -0.05) is 19.1 Å². The molecule has 1 heterocycles. The molecule has 0 amide bonds. The van der Waals surface area contributed by atoms with Gasteiger partial charge in [0.1, 0.15) is 5.82 Å². The third-order valence-corrected chi connectivity index (χ3v) is 3.50. The first kappa shape index (κ1) is 13.5. The summed E-state index contributed by atoms with van der Waals surface area (Å²) in [6.45, 7) is 2.04. The topological polar surface area (TPSA) is 43.8 Å². The predicted octanol–water partition coefficient (Wildman–Crippen LogP) is 2.95. The summed E-state index contributed by atoms with van der Waals surface area (Å²) >= 11 is 2.21. The molecule has 0 aliphatic heterocycles. The molecule has 3 nitrogen and oxygen atoms in total. The Morgan fingerprint density at radius 2 is 2.06 bits per heavy atom. The van der Waals surface area contributed by atoms with Crippen LogP contribution in [0.15, 0.2) is 36.7 Å². The maximum Gasteiger partial charge on any atom is 0.123 e. The standard InChI is InChI=1S/C13H15FIN3/c1-2-12(16)13(18-8-11(15)7-17-18)9-3-5-10(14)6-4-9/h3-8,12-13H,2,16H2,1H3. The van der Waals surface area contributed by atoms with Gasteiger partial charge in [0.2, 0.25) is 0 Å². The van der Waals surface area contributed by atoms with Crippen LogP contribution in [0.2, 0.25) is 0 Å². The van der Waals surface area contributed by atoms with Crippen LogP contribution in [-0.2, 0) is 0 Å². The molecule has 0 radical (unpaired) electrons. The molecule has 18 heavy (non-hydrogen) atoms. The lowest BCUT2D eigenvalue weighted by molar-refractivity contribution is 0.423. The van der Waals surface area contributed by atoms with Crippen molar-refractivity contribution in [2.45, 2.75) is 25.4 Å². The second-order valence-corrected chi connectivity index (χ2v) is 5.45. The molecule has 0 aliphatic carbocycles. The molecule has 0 bridgehead atoms. The number of hydrogen-bond donors (Lipinski definition) is 1. The highest BCUT2D eigenvalue weighted by Gasteiger charge is 2.21. The van der Waals surface area contributed by atoms with Gasteiger partial charge < -0.3 is 5.73 Å². The number of rotatable bonds is 4. The van der Waals surface area contributed by atoms with Crippen LogP contribution in [0.3, 0.4) is 0 Å². The first-order chi connectivity index (χ1) is 8.61. The van der Waals surface area contributed by atoms with Crippen molar-refractivity contribution >= 4 is 22.6 Å². The van der Waals surface area contributed by atoms with Gasteiger partial charge in [-0.15, -0.1) is 0 Å². The summed E-state index contributed by atoms with van der Waals surface area (Å²) in [5.74, 6) is -0.238. The first-order valence-electron chi connectivity index (χ1n) is 5.82. The summed E-state index contributed by atoms with van der Waals surface area (Å²) in [7, 11) is 0. The molecule has 96 valence electrons. The maximum atomic E-state index is 13.0. The second-order valence-electron chi connectivity index (χ2n) is 4.21. The van der Waals surface area contributed by atoms with Crippen LogP contribution >= 0.6 is 22.6 Å². The number of aromatic nitrogens is 2. The maximum absolute atomic E-state index is 13.0.